The van der Waals surface area contributed by atoms with Gasteiger partial charge in [0, 0.05) is 11.8 Å². The van der Waals surface area contributed by atoms with Gasteiger partial charge in [0.1, 0.15) is 17.3 Å². The average Bonchev–Trinajstić information content (AvgIpc) is 3.00. The van der Waals surface area contributed by atoms with Gasteiger partial charge < -0.3 is 10.6 Å². The van der Waals surface area contributed by atoms with E-state index < -0.39 is 29.5 Å². The summed E-state index contributed by atoms with van der Waals surface area (Å²) in [5.41, 5.74) is -0.542. The Morgan fingerprint density at radius 2 is 1.68 bits per heavy atom. The fourth-order valence-electron chi connectivity index (χ4n) is 2.46. The number of halogens is 5. The van der Waals surface area contributed by atoms with Crippen LogP contribution in [0.15, 0.2) is 48.5 Å². The highest BCUT2D eigenvalue weighted by Crippen LogP contribution is 2.31. The van der Waals surface area contributed by atoms with E-state index in [0.29, 0.717) is 6.07 Å². The summed E-state index contributed by atoms with van der Waals surface area (Å²) in [6.45, 7) is 1.45. The van der Waals surface area contributed by atoms with E-state index in [4.69, 9.17) is 0 Å². The predicted molar refractivity (Wildman–Crippen MR) is 92.3 cm³/mol. The van der Waals surface area contributed by atoms with Gasteiger partial charge in [-0.15, -0.1) is 0 Å². The highest BCUT2D eigenvalue weighted by atomic mass is 19.4. The van der Waals surface area contributed by atoms with Gasteiger partial charge in [0.05, 0.1) is 17.1 Å². The van der Waals surface area contributed by atoms with Crippen LogP contribution in [0.2, 0.25) is 0 Å². The fourth-order valence-corrected chi connectivity index (χ4v) is 2.46. The van der Waals surface area contributed by atoms with Crippen LogP contribution >= 0.6 is 0 Å². The number of aryl methyl sites for hydroxylation is 1. The first-order valence-electron chi connectivity index (χ1n) is 7.91. The second-order valence-electron chi connectivity index (χ2n) is 5.83. The third-order valence-electron chi connectivity index (χ3n) is 3.67. The van der Waals surface area contributed by atoms with E-state index in [9.17, 15) is 26.7 Å². The molecule has 0 aliphatic rings. The molecule has 0 aliphatic heterocycles. The molecule has 0 saturated carbocycles. The van der Waals surface area contributed by atoms with E-state index in [2.05, 4.69) is 15.7 Å². The van der Waals surface area contributed by atoms with Gasteiger partial charge in [-0.25, -0.2) is 18.3 Å². The molecule has 0 radical (unpaired) electrons. The van der Waals surface area contributed by atoms with E-state index in [0.717, 1.165) is 22.9 Å². The molecule has 2 aromatic carbocycles. The van der Waals surface area contributed by atoms with Crippen molar-refractivity contribution in [3.05, 3.63) is 71.6 Å². The normalized spacial score (nSPS) is 11.4. The Bertz CT molecular complexity index is 1010. The van der Waals surface area contributed by atoms with Gasteiger partial charge in [0.15, 0.2) is 0 Å². The van der Waals surface area contributed by atoms with Gasteiger partial charge in [0.25, 0.3) is 0 Å². The number of carbonyl (C=O) groups excluding carboxylic acids is 1. The van der Waals surface area contributed by atoms with Crippen molar-refractivity contribution >= 4 is 17.4 Å². The molecule has 3 rings (SSSR count). The summed E-state index contributed by atoms with van der Waals surface area (Å²) < 4.78 is 66.4. The molecule has 1 aromatic heterocycles. The quantitative estimate of drug-likeness (QED) is 0.604. The number of alkyl halides is 3. The first-order chi connectivity index (χ1) is 13.1. The number of hydrogen-bond donors (Lipinski definition) is 2. The second kappa shape index (κ2) is 7.29. The molecule has 1 heterocycles. The minimum Gasteiger partial charge on any atom is -0.308 e. The molecule has 0 fully saturated rings. The third-order valence-corrected chi connectivity index (χ3v) is 3.67. The van der Waals surface area contributed by atoms with E-state index in [1.54, 1.807) is 0 Å². The van der Waals surface area contributed by atoms with Gasteiger partial charge in [-0.2, -0.15) is 18.3 Å². The SMILES string of the molecule is Cc1cc(C(F)(F)F)n(-c2ccc(NC(=O)Nc3ccc(F)cc3F)cc2)n1. The minimum atomic E-state index is -4.57. The number of nitrogens with one attached hydrogen (secondary N) is 2. The van der Waals surface area contributed by atoms with E-state index in [1.807, 2.05) is 0 Å². The number of aromatic nitrogens is 2. The van der Waals surface area contributed by atoms with E-state index >= 15 is 0 Å². The Kier molecular flexibility index (Phi) is 5.04. The Balaban J connectivity index is 1.74. The maximum atomic E-state index is 13.5. The topological polar surface area (TPSA) is 59.0 Å². The molecule has 2 N–H and O–H groups in total. The zero-order chi connectivity index (χ0) is 20.5. The summed E-state index contributed by atoms with van der Waals surface area (Å²) in [5.74, 6) is -1.73. The standard InChI is InChI=1S/C18H13F5N4O/c1-10-8-16(18(21,22)23)27(26-10)13-5-3-12(4-6-13)24-17(28)25-15-7-2-11(19)9-14(15)20/h2-9H,1H3,(H2,24,25,28). The molecule has 10 heteroatoms. The van der Waals surface area contributed by atoms with Crippen molar-refractivity contribution in [2.24, 2.45) is 0 Å². The summed E-state index contributed by atoms with van der Waals surface area (Å²) in [6, 6.07) is 8.21. The van der Waals surface area contributed by atoms with Crippen molar-refractivity contribution in [2.75, 3.05) is 10.6 Å². The first-order valence-corrected chi connectivity index (χ1v) is 7.91. The lowest BCUT2D eigenvalue weighted by atomic mass is 10.2. The minimum absolute atomic E-state index is 0.149. The van der Waals surface area contributed by atoms with Crippen molar-refractivity contribution in [3.8, 4) is 5.69 Å². The summed E-state index contributed by atoms with van der Waals surface area (Å²) in [6.07, 6.45) is -4.57. The van der Waals surface area contributed by atoms with Crippen molar-refractivity contribution in [2.45, 2.75) is 13.1 Å². The molecular formula is C18H13F5N4O. The Hall–Kier alpha value is -3.43. The van der Waals surface area contributed by atoms with Crippen molar-refractivity contribution in [1.82, 2.24) is 9.78 Å². The van der Waals surface area contributed by atoms with Crippen molar-refractivity contribution in [3.63, 3.8) is 0 Å². The molecule has 2 amide bonds. The van der Waals surface area contributed by atoms with Crippen LogP contribution in [0.5, 0.6) is 0 Å². The van der Waals surface area contributed by atoms with Gasteiger partial charge in [-0.05, 0) is 49.4 Å². The van der Waals surface area contributed by atoms with Crippen molar-refractivity contribution in [1.29, 1.82) is 0 Å². The molecule has 146 valence electrons. The van der Waals surface area contributed by atoms with E-state index in [1.165, 1.54) is 31.2 Å². The number of nitrogens with zero attached hydrogens (tertiary/aromatic N) is 2. The number of rotatable bonds is 3. The highest BCUT2D eigenvalue weighted by Gasteiger charge is 2.35. The van der Waals surface area contributed by atoms with Crippen molar-refractivity contribution < 1.29 is 26.7 Å². The monoisotopic (exact) mass is 396 g/mol. The van der Waals surface area contributed by atoms with Crippen LogP contribution in [0.3, 0.4) is 0 Å². The maximum Gasteiger partial charge on any atom is 0.433 e. The largest absolute Gasteiger partial charge is 0.433 e. The predicted octanol–water partition coefficient (Wildman–Crippen LogP) is 5.12. The Morgan fingerprint density at radius 3 is 2.29 bits per heavy atom. The van der Waals surface area contributed by atoms with Crippen LogP contribution in [-0.2, 0) is 6.18 Å². The zero-order valence-corrected chi connectivity index (χ0v) is 14.3. The number of urea groups is 1. The maximum absolute atomic E-state index is 13.5. The van der Waals surface area contributed by atoms with Crippen LogP contribution in [0, 0.1) is 18.6 Å². The van der Waals surface area contributed by atoms with Crippen LogP contribution in [-0.4, -0.2) is 15.8 Å². The summed E-state index contributed by atoms with van der Waals surface area (Å²) in [4.78, 5) is 11.9. The molecule has 0 bridgehead atoms. The van der Waals surface area contributed by atoms with Gasteiger partial charge in [-0.1, -0.05) is 0 Å². The van der Waals surface area contributed by atoms with Crippen LogP contribution < -0.4 is 10.6 Å². The molecule has 0 atom stereocenters. The summed E-state index contributed by atoms with van der Waals surface area (Å²) >= 11 is 0. The Morgan fingerprint density at radius 1 is 1.00 bits per heavy atom. The molecule has 0 unspecified atom stereocenters. The molecule has 5 nitrogen and oxygen atoms in total. The zero-order valence-electron chi connectivity index (χ0n) is 14.3. The first kappa shape index (κ1) is 19.3. The lowest BCUT2D eigenvalue weighted by Crippen LogP contribution is -2.20. The molecule has 0 saturated heterocycles. The van der Waals surface area contributed by atoms with Gasteiger partial charge in [0.2, 0.25) is 0 Å². The molecule has 28 heavy (non-hydrogen) atoms. The molecule has 0 spiro atoms. The molecular weight excluding hydrogens is 383 g/mol. The van der Waals surface area contributed by atoms with Crippen LogP contribution in [0.1, 0.15) is 11.4 Å². The number of hydrogen-bond acceptors (Lipinski definition) is 2. The van der Waals surface area contributed by atoms with Crippen LogP contribution in [0.4, 0.5) is 38.1 Å². The Labute approximate surface area is 155 Å². The lowest BCUT2D eigenvalue weighted by molar-refractivity contribution is -0.142. The van der Waals surface area contributed by atoms with Crippen LogP contribution in [0.25, 0.3) is 5.69 Å². The third kappa shape index (κ3) is 4.27. The fraction of sp³-hybridized carbons (Fsp3) is 0.111. The number of amides is 2. The second-order valence-corrected chi connectivity index (χ2v) is 5.83. The summed E-state index contributed by atoms with van der Waals surface area (Å²) in [7, 11) is 0. The highest BCUT2D eigenvalue weighted by molar-refractivity contribution is 5.99. The van der Waals surface area contributed by atoms with E-state index in [-0.39, 0.29) is 22.8 Å². The molecule has 0 aliphatic carbocycles. The smallest absolute Gasteiger partial charge is 0.308 e. The average molecular weight is 396 g/mol. The number of anilines is 2. The molecule has 3 aromatic rings. The van der Waals surface area contributed by atoms with Gasteiger partial charge in [-0.3, -0.25) is 0 Å². The number of benzene rings is 2. The number of carbonyl (C=O) groups is 1. The summed E-state index contributed by atoms with van der Waals surface area (Å²) in [5, 5.41) is 8.44. The lowest BCUT2D eigenvalue weighted by Gasteiger charge is -2.12. The van der Waals surface area contributed by atoms with Gasteiger partial charge >= 0.3 is 12.2 Å².